The first-order valence-electron chi connectivity index (χ1n) is 6.82. The molecule has 2 aromatic rings. The monoisotopic (exact) mass is 311 g/mol. The maximum absolute atomic E-state index is 14.5. The Morgan fingerprint density at radius 2 is 2.23 bits per heavy atom. The minimum atomic E-state index is -1.44. The zero-order valence-electron chi connectivity index (χ0n) is 12.4. The standard InChI is InChI=1S/C13H18FN5O3/c1-3-10(20)22-5-8(21-2)4-9(14)19-7-18-11-12(15)16-6-17-13(11)19/h6-9H,3-5H2,1-2H3,(H2,15,16,17). The molecule has 120 valence electrons. The lowest BCUT2D eigenvalue weighted by Crippen LogP contribution is -2.23. The molecular formula is C13H18FN5O3. The van der Waals surface area contributed by atoms with E-state index in [-0.39, 0.29) is 31.2 Å². The van der Waals surface area contributed by atoms with Crippen molar-refractivity contribution in [2.24, 2.45) is 0 Å². The maximum Gasteiger partial charge on any atom is 0.305 e. The summed E-state index contributed by atoms with van der Waals surface area (Å²) in [5.74, 6) is -0.165. The van der Waals surface area contributed by atoms with Crippen molar-refractivity contribution in [3.05, 3.63) is 12.7 Å². The third-order valence-corrected chi connectivity index (χ3v) is 3.20. The SMILES string of the molecule is CCC(=O)OCC(CC(F)n1cnc2c(N)ncnc21)OC. The van der Waals surface area contributed by atoms with E-state index in [4.69, 9.17) is 15.2 Å². The first-order valence-corrected chi connectivity index (χ1v) is 6.82. The van der Waals surface area contributed by atoms with Crippen LogP contribution in [0.15, 0.2) is 12.7 Å². The van der Waals surface area contributed by atoms with E-state index >= 15 is 0 Å². The number of nitrogens with two attached hydrogens (primary N) is 1. The van der Waals surface area contributed by atoms with Crippen molar-refractivity contribution in [3.8, 4) is 0 Å². The van der Waals surface area contributed by atoms with Crippen molar-refractivity contribution in [2.75, 3.05) is 19.5 Å². The van der Waals surface area contributed by atoms with Gasteiger partial charge in [-0.15, -0.1) is 0 Å². The number of ether oxygens (including phenoxy) is 2. The molecule has 0 bridgehead atoms. The Morgan fingerprint density at radius 3 is 2.91 bits per heavy atom. The third kappa shape index (κ3) is 3.48. The van der Waals surface area contributed by atoms with Crippen molar-refractivity contribution in [1.82, 2.24) is 19.5 Å². The zero-order valence-corrected chi connectivity index (χ0v) is 12.4. The van der Waals surface area contributed by atoms with Crippen molar-refractivity contribution >= 4 is 23.0 Å². The van der Waals surface area contributed by atoms with Crippen LogP contribution in [-0.2, 0) is 14.3 Å². The largest absolute Gasteiger partial charge is 0.463 e. The average Bonchev–Trinajstić information content (AvgIpc) is 2.96. The fraction of sp³-hybridized carbons (Fsp3) is 0.538. The quantitative estimate of drug-likeness (QED) is 0.767. The Kier molecular flexibility index (Phi) is 5.21. The molecule has 0 saturated carbocycles. The molecule has 0 aromatic carbocycles. The van der Waals surface area contributed by atoms with Gasteiger partial charge < -0.3 is 15.2 Å². The average molecular weight is 311 g/mol. The molecule has 22 heavy (non-hydrogen) atoms. The lowest BCUT2D eigenvalue weighted by atomic mass is 10.2. The minimum absolute atomic E-state index is 0.00660. The lowest BCUT2D eigenvalue weighted by Gasteiger charge is -2.18. The van der Waals surface area contributed by atoms with Crippen LogP contribution in [-0.4, -0.2) is 45.3 Å². The number of esters is 1. The molecule has 2 N–H and O–H groups in total. The maximum atomic E-state index is 14.5. The van der Waals surface area contributed by atoms with E-state index < -0.39 is 12.4 Å². The third-order valence-electron chi connectivity index (χ3n) is 3.20. The number of imidazole rings is 1. The summed E-state index contributed by atoms with van der Waals surface area (Å²) in [4.78, 5) is 22.9. The molecule has 2 unspecified atom stereocenters. The summed E-state index contributed by atoms with van der Waals surface area (Å²) in [5, 5.41) is 0. The highest BCUT2D eigenvalue weighted by Gasteiger charge is 2.21. The van der Waals surface area contributed by atoms with E-state index in [2.05, 4.69) is 15.0 Å². The smallest absolute Gasteiger partial charge is 0.305 e. The summed E-state index contributed by atoms with van der Waals surface area (Å²) in [7, 11) is 1.43. The number of methoxy groups -OCH3 is 1. The number of fused-ring (bicyclic) bond motifs is 1. The molecule has 2 rings (SSSR count). The van der Waals surface area contributed by atoms with Crippen molar-refractivity contribution in [1.29, 1.82) is 0 Å². The Morgan fingerprint density at radius 1 is 1.45 bits per heavy atom. The molecule has 2 atom stereocenters. The first-order chi connectivity index (χ1) is 10.6. The van der Waals surface area contributed by atoms with E-state index in [1.165, 1.54) is 24.3 Å². The fourth-order valence-corrected chi connectivity index (χ4v) is 1.93. The van der Waals surface area contributed by atoms with E-state index in [0.29, 0.717) is 11.2 Å². The van der Waals surface area contributed by atoms with Gasteiger partial charge in [-0.25, -0.2) is 19.3 Å². The van der Waals surface area contributed by atoms with Crippen LogP contribution in [0.5, 0.6) is 0 Å². The summed E-state index contributed by atoms with van der Waals surface area (Å²) in [6.45, 7) is 1.68. The van der Waals surface area contributed by atoms with Crippen LogP contribution in [0.2, 0.25) is 0 Å². The topological polar surface area (TPSA) is 105 Å². The molecular weight excluding hydrogens is 293 g/mol. The van der Waals surface area contributed by atoms with Gasteiger partial charge >= 0.3 is 5.97 Å². The first kappa shape index (κ1) is 16.1. The highest BCUT2D eigenvalue weighted by atomic mass is 19.1. The molecule has 0 saturated heterocycles. The number of nitrogen functional groups attached to an aromatic ring is 1. The molecule has 0 spiro atoms. The van der Waals surface area contributed by atoms with Gasteiger partial charge in [0.25, 0.3) is 0 Å². The molecule has 0 aliphatic carbocycles. The number of rotatable bonds is 7. The van der Waals surface area contributed by atoms with Gasteiger partial charge in [-0.3, -0.25) is 9.36 Å². The van der Waals surface area contributed by atoms with E-state index in [1.807, 2.05) is 0 Å². The predicted molar refractivity (Wildman–Crippen MR) is 76.5 cm³/mol. The Balaban J connectivity index is 2.07. The van der Waals surface area contributed by atoms with E-state index in [1.54, 1.807) is 6.92 Å². The Labute approximate surface area is 126 Å². The van der Waals surface area contributed by atoms with Gasteiger partial charge in [0, 0.05) is 20.0 Å². The molecule has 0 fully saturated rings. The summed E-state index contributed by atoms with van der Waals surface area (Å²) < 4.78 is 25.8. The second kappa shape index (κ2) is 7.12. The zero-order chi connectivity index (χ0) is 16.1. The van der Waals surface area contributed by atoms with Gasteiger partial charge in [0.2, 0.25) is 0 Å². The van der Waals surface area contributed by atoms with Crippen LogP contribution in [0.25, 0.3) is 11.2 Å². The number of hydrogen-bond acceptors (Lipinski definition) is 7. The Hall–Kier alpha value is -2.29. The second-order valence-electron chi connectivity index (χ2n) is 4.65. The summed E-state index contributed by atoms with van der Waals surface area (Å²) in [6, 6.07) is 0. The lowest BCUT2D eigenvalue weighted by molar-refractivity contribution is -0.147. The molecule has 2 heterocycles. The Bertz CT molecular complexity index is 648. The number of halogens is 1. The molecule has 0 radical (unpaired) electrons. The van der Waals surface area contributed by atoms with Crippen LogP contribution in [0.3, 0.4) is 0 Å². The number of carbonyl (C=O) groups excluding carboxylic acids is 1. The van der Waals surface area contributed by atoms with Gasteiger partial charge in [-0.1, -0.05) is 6.92 Å². The second-order valence-corrected chi connectivity index (χ2v) is 4.65. The number of carbonyl (C=O) groups is 1. The van der Waals surface area contributed by atoms with Crippen molar-refractivity contribution in [3.63, 3.8) is 0 Å². The molecule has 0 aliphatic heterocycles. The van der Waals surface area contributed by atoms with Crippen molar-refractivity contribution in [2.45, 2.75) is 32.2 Å². The van der Waals surface area contributed by atoms with Crippen LogP contribution >= 0.6 is 0 Å². The molecule has 2 aromatic heterocycles. The van der Waals surface area contributed by atoms with Gasteiger partial charge in [-0.2, -0.15) is 0 Å². The number of anilines is 1. The highest BCUT2D eigenvalue weighted by Crippen LogP contribution is 2.23. The van der Waals surface area contributed by atoms with Gasteiger partial charge in [-0.05, 0) is 0 Å². The summed E-state index contributed by atoms with van der Waals surface area (Å²) >= 11 is 0. The van der Waals surface area contributed by atoms with E-state index in [0.717, 1.165) is 0 Å². The van der Waals surface area contributed by atoms with Gasteiger partial charge in [0.15, 0.2) is 17.8 Å². The summed E-state index contributed by atoms with van der Waals surface area (Å²) in [6.07, 6.45) is 0.803. The molecule has 9 heteroatoms. The normalized spacial score (nSPS) is 14.0. The fourth-order valence-electron chi connectivity index (χ4n) is 1.93. The van der Waals surface area contributed by atoms with Gasteiger partial charge in [0.1, 0.15) is 18.5 Å². The van der Waals surface area contributed by atoms with Crippen LogP contribution in [0, 0.1) is 0 Å². The number of hydrogen-bond donors (Lipinski definition) is 1. The van der Waals surface area contributed by atoms with Gasteiger partial charge in [0.05, 0.1) is 12.4 Å². The number of nitrogens with zero attached hydrogens (tertiary/aromatic N) is 4. The van der Waals surface area contributed by atoms with Crippen LogP contribution < -0.4 is 5.73 Å². The van der Waals surface area contributed by atoms with Crippen LogP contribution in [0.4, 0.5) is 10.2 Å². The molecule has 0 amide bonds. The van der Waals surface area contributed by atoms with Crippen molar-refractivity contribution < 1.29 is 18.7 Å². The number of aromatic nitrogens is 4. The minimum Gasteiger partial charge on any atom is -0.463 e. The molecule has 0 aliphatic rings. The van der Waals surface area contributed by atoms with E-state index in [9.17, 15) is 9.18 Å². The molecule has 8 nitrogen and oxygen atoms in total. The summed E-state index contributed by atoms with van der Waals surface area (Å²) in [5.41, 5.74) is 6.31. The number of alkyl halides is 1. The predicted octanol–water partition coefficient (Wildman–Crippen LogP) is 1.23. The highest BCUT2D eigenvalue weighted by molar-refractivity contribution is 5.81. The van der Waals surface area contributed by atoms with Crippen LogP contribution in [0.1, 0.15) is 26.1 Å².